The van der Waals surface area contributed by atoms with Crippen molar-refractivity contribution >= 4 is 0 Å². The van der Waals surface area contributed by atoms with Crippen LogP contribution in [0.4, 0.5) is 0 Å². The summed E-state index contributed by atoms with van der Waals surface area (Å²) in [5.41, 5.74) is 5.40. The Labute approximate surface area is 50.5 Å². The van der Waals surface area contributed by atoms with E-state index in [0.29, 0.717) is 19.3 Å². The minimum absolute atomic E-state index is 0.308. The smallest absolute Gasteiger partial charge is 0.0462 e. The first-order valence-corrected chi connectivity index (χ1v) is 2.59. The van der Waals surface area contributed by atoms with E-state index in [1.54, 1.807) is 0 Å². The second-order valence-electron chi connectivity index (χ2n) is 1.73. The highest BCUT2D eigenvalue weighted by Crippen LogP contribution is 2.14. The molecule has 1 aliphatic rings. The third kappa shape index (κ3) is 1.48. The average molecular weight is 103 g/mol. The van der Waals surface area contributed by atoms with Gasteiger partial charge in [-0.3, -0.25) is 0 Å². The highest BCUT2D eigenvalue weighted by Gasteiger charge is 2.06. The van der Waals surface area contributed by atoms with Crippen molar-refractivity contribution in [2.75, 3.05) is 0 Å². The van der Waals surface area contributed by atoms with Gasteiger partial charge in [-0.05, 0) is 12.8 Å². The van der Waals surface area contributed by atoms with Gasteiger partial charge >= 0.3 is 0 Å². The molecular weight excluding hydrogens is 86.1 g/mol. The molecule has 0 spiro atoms. The van der Waals surface area contributed by atoms with Gasteiger partial charge in [0, 0.05) is 11.5 Å². The fourth-order valence-corrected chi connectivity index (χ4v) is 0.665. The Morgan fingerprint density at radius 2 is 2.43 bits per heavy atom. The van der Waals surface area contributed by atoms with E-state index in [-0.39, 0.29) is 0 Å². The monoisotopic (exact) mass is 103 g/mol. The van der Waals surface area contributed by atoms with E-state index in [2.05, 4.69) is 0 Å². The van der Waals surface area contributed by atoms with Gasteiger partial charge in [0.15, 0.2) is 0 Å². The Morgan fingerprint density at radius 1 is 1.57 bits per heavy atom. The molecule has 1 heteroatoms. The van der Waals surface area contributed by atoms with Crippen molar-refractivity contribution in [3.05, 3.63) is 0 Å². The van der Waals surface area contributed by atoms with E-state index in [1.165, 1.54) is 0 Å². The van der Waals surface area contributed by atoms with Crippen molar-refractivity contribution in [1.82, 2.24) is 0 Å². The van der Waals surface area contributed by atoms with Crippen LogP contribution in [0.3, 0.4) is 0 Å². The molecule has 0 amide bonds. The van der Waals surface area contributed by atoms with Crippen LogP contribution in [0.5, 0.6) is 0 Å². The first-order valence-electron chi connectivity index (χ1n) is 4.67. The lowest BCUT2D eigenvalue weighted by Crippen LogP contribution is -2.22. The van der Waals surface area contributed by atoms with Crippen molar-refractivity contribution in [2.24, 2.45) is 5.73 Å². The molecule has 0 saturated heterocycles. The Kier molecular flexibility index (Phi) is 0.680. The molecule has 0 aliphatic heterocycles. The molecule has 1 nitrogen and oxygen atoms in total. The van der Waals surface area contributed by atoms with Crippen LogP contribution in [0, 0.1) is 0 Å². The van der Waals surface area contributed by atoms with Crippen LogP contribution in [0.15, 0.2) is 0 Å². The van der Waals surface area contributed by atoms with Crippen LogP contribution < -0.4 is 5.73 Å². The van der Waals surface area contributed by atoms with Gasteiger partial charge in [0.25, 0.3) is 0 Å². The molecule has 0 aromatic heterocycles. The summed E-state index contributed by atoms with van der Waals surface area (Å²) in [5, 5.41) is 0. The summed E-state index contributed by atoms with van der Waals surface area (Å²) < 4.78 is 29.6. The van der Waals surface area contributed by atoms with Crippen molar-refractivity contribution in [3.8, 4) is 0 Å². The van der Waals surface area contributed by atoms with Crippen molar-refractivity contribution in [2.45, 2.75) is 38.1 Å². The molecule has 1 fully saturated rings. The number of rotatable bonds is 0. The summed E-state index contributed by atoms with van der Waals surface area (Å²) in [6.45, 7) is 0. The Morgan fingerprint density at radius 3 is 3.00 bits per heavy atom. The molecule has 0 radical (unpaired) electrons. The van der Waals surface area contributed by atoms with E-state index >= 15 is 0 Å². The fraction of sp³-hybridized carbons (Fsp3) is 1.00. The van der Waals surface area contributed by atoms with Crippen LogP contribution >= 0.6 is 0 Å². The van der Waals surface area contributed by atoms with Gasteiger partial charge in [-0.2, -0.15) is 0 Å². The summed E-state index contributed by atoms with van der Waals surface area (Å²) in [4.78, 5) is 0. The SMILES string of the molecule is [2H]C1CCCC([2H])([2H])C1([2H])N. The van der Waals surface area contributed by atoms with Crippen molar-refractivity contribution < 1.29 is 5.48 Å². The average Bonchev–Trinajstić information content (AvgIpc) is 1.84. The second-order valence-corrected chi connectivity index (χ2v) is 1.73. The predicted molar refractivity (Wildman–Crippen MR) is 31.1 cm³/mol. The Balaban J connectivity index is 2.82. The molecule has 0 heterocycles. The molecule has 1 saturated carbocycles. The summed E-state index contributed by atoms with van der Waals surface area (Å²) in [5.74, 6) is 0. The van der Waals surface area contributed by atoms with E-state index in [1.807, 2.05) is 0 Å². The third-order valence-corrected chi connectivity index (χ3v) is 1.07. The van der Waals surface area contributed by atoms with E-state index in [0.717, 1.165) is 0 Å². The summed E-state index contributed by atoms with van der Waals surface area (Å²) in [7, 11) is 0. The van der Waals surface area contributed by atoms with Crippen LogP contribution in [-0.2, 0) is 0 Å². The predicted octanol–water partition coefficient (Wildman–Crippen LogP) is 1.28. The van der Waals surface area contributed by atoms with Gasteiger partial charge in [-0.25, -0.2) is 0 Å². The lowest BCUT2D eigenvalue weighted by Gasteiger charge is -2.15. The highest BCUT2D eigenvalue weighted by molar-refractivity contribution is 4.66. The van der Waals surface area contributed by atoms with Gasteiger partial charge in [0.1, 0.15) is 0 Å². The highest BCUT2D eigenvalue weighted by atomic mass is 14.6. The standard InChI is InChI=1S/C6H13N/c7-6-4-2-1-3-5-6/h6H,1-5,7H2/i4D,5D2,6D. The first-order chi connectivity index (χ1) is 4.88. The zero-order valence-corrected chi connectivity index (χ0v) is 4.28. The minimum atomic E-state index is -1.72. The molecule has 0 aromatic rings. The third-order valence-electron chi connectivity index (χ3n) is 1.07. The maximum atomic E-state index is 7.45. The molecule has 1 rings (SSSR count). The second kappa shape index (κ2) is 2.31. The van der Waals surface area contributed by atoms with Gasteiger partial charge in [-0.1, -0.05) is 19.3 Å². The van der Waals surface area contributed by atoms with Crippen LogP contribution in [-0.4, -0.2) is 6.02 Å². The van der Waals surface area contributed by atoms with Crippen LogP contribution in [0.25, 0.3) is 0 Å². The maximum Gasteiger partial charge on any atom is 0.0462 e. The molecule has 2 N–H and O–H groups in total. The largest absolute Gasteiger partial charge is 0.328 e. The minimum Gasteiger partial charge on any atom is -0.328 e. The fourth-order valence-electron chi connectivity index (χ4n) is 0.665. The lowest BCUT2D eigenvalue weighted by atomic mass is 9.97. The molecule has 2 atom stereocenters. The van der Waals surface area contributed by atoms with Gasteiger partial charge < -0.3 is 5.73 Å². The summed E-state index contributed by atoms with van der Waals surface area (Å²) in [6.07, 6.45) is -0.968. The van der Waals surface area contributed by atoms with E-state index in [4.69, 9.17) is 11.2 Å². The number of hydrogen-bond donors (Lipinski definition) is 1. The maximum absolute atomic E-state index is 7.45. The van der Waals surface area contributed by atoms with E-state index < -0.39 is 18.8 Å². The van der Waals surface area contributed by atoms with E-state index in [9.17, 15) is 0 Å². The van der Waals surface area contributed by atoms with Crippen molar-refractivity contribution in [3.63, 3.8) is 0 Å². The Hall–Kier alpha value is -0.0400. The van der Waals surface area contributed by atoms with Crippen LogP contribution in [0.2, 0.25) is 0 Å². The van der Waals surface area contributed by atoms with Gasteiger partial charge in [0.2, 0.25) is 0 Å². The molecule has 0 aromatic carbocycles. The molecule has 2 unspecified atom stereocenters. The Bertz CT molecular complexity index is 157. The summed E-state index contributed by atoms with van der Waals surface area (Å²) >= 11 is 0. The lowest BCUT2D eigenvalue weighted by molar-refractivity contribution is 0.441. The first kappa shape index (κ1) is 2.06. The molecular formula is C6H13N. The van der Waals surface area contributed by atoms with Crippen molar-refractivity contribution in [1.29, 1.82) is 0 Å². The number of nitrogens with two attached hydrogens (primary N) is 1. The molecule has 0 bridgehead atoms. The zero-order valence-electron chi connectivity index (χ0n) is 8.28. The van der Waals surface area contributed by atoms with Gasteiger partial charge in [-0.15, -0.1) is 0 Å². The molecule has 42 valence electrons. The zero-order chi connectivity index (χ0) is 8.70. The summed E-state index contributed by atoms with van der Waals surface area (Å²) in [6, 6.07) is -1.72. The topological polar surface area (TPSA) is 26.0 Å². The van der Waals surface area contributed by atoms with Crippen LogP contribution in [0.1, 0.15) is 37.5 Å². The quantitative estimate of drug-likeness (QED) is 0.491. The molecule has 1 aliphatic carbocycles. The molecule has 7 heavy (non-hydrogen) atoms. The number of hydrogen-bond acceptors (Lipinski definition) is 1. The normalized spacial score (nSPS) is 69.6. The van der Waals surface area contributed by atoms with Gasteiger partial charge in [0.05, 0.1) is 0 Å².